The van der Waals surface area contributed by atoms with Crippen LogP contribution in [0.2, 0.25) is 5.02 Å². The van der Waals surface area contributed by atoms with Gasteiger partial charge < -0.3 is 15.1 Å². The molecule has 2 aliphatic heterocycles. The highest BCUT2D eigenvalue weighted by molar-refractivity contribution is 6.33. The van der Waals surface area contributed by atoms with E-state index < -0.39 is 11.7 Å². The molecule has 0 aliphatic carbocycles. The van der Waals surface area contributed by atoms with Crippen molar-refractivity contribution in [1.29, 1.82) is 0 Å². The molecular weight excluding hydrogens is 455 g/mol. The highest BCUT2D eigenvalue weighted by Crippen LogP contribution is 2.32. The van der Waals surface area contributed by atoms with Gasteiger partial charge in [0.05, 0.1) is 23.2 Å². The zero-order valence-corrected chi connectivity index (χ0v) is 20.3. The van der Waals surface area contributed by atoms with Crippen LogP contribution in [0, 0.1) is 11.7 Å². The van der Waals surface area contributed by atoms with E-state index in [-0.39, 0.29) is 28.5 Å². The lowest BCUT2D eigenvalue weighted by molar-refractivity contribution is -0.122. The third-order valence-electron chi connectivity index (χ3n) is 6.32. The maximum Gasteiger partial charge on any atom is 0.262 e. The van der Waals surface area contributed by atoms with Gasteiger partial charge in [0.25, 0.3) is 5.91 Å². The number of carbonyl (C=O) groups excluding carboxylic acids is 2. The summed E-state index contributed by atoms with van der Waals surface area (Å²) in [5.41, 5.74) is 2.19. The first-order valence-electron chi connectivity index (χ1n) is 11.5. The normalized spacial score (nSPS) is 18.7. The van der Waals surface area contributed by atoms with Gasteiger partial charge in [-0.1, -0.05) is 48.0 Å². The molecule has 0 aromatic heterocycles. The van der Waals surface area contributed by atoms with Crippen molar-refractivity contribution in [2.75, 3.05) is 46.8 Å². The molecule has 1 saturated heterocycles. The molecule has 2 heterocycles. The second-order valence-electron chi connectivity index (χ2n) is 9.25. The molecule has 34 heavy (non-hydrogen) atoms. The first kappa shape index (κ1) is 24.4. The molecule has 2 atom stereocenters. The Balaban J connectivity index is 1.37. The van der Waals surface area contributed by atoms with Gasteiger partial charge >= 0.3 is 0 Å². The smallest absolute Gasteiger partial charge is 0.262 e. The number of nitrogens with one attached hydrogen (secondary N) is 1. The van der Waals surface area contributed by atoms with E-state index in [4.69, 9.17) is 11.6 Å². The first-order chi connectivity index (χ1) is 16.3. The first-order valence-corrected chi connectivity index (χ1v) is 11.9. The minimum Gasteiger partial charge on any atom is -0.348 e. The van der Waals surface area contributed by atoms with Gasteiger partial charge in [-0.05, 0) is 43.8 Å². The number of likely N-dealkylation sites (tertiary alicyclic amines) is 1. The van der Waals surface area contributed by atoms with E-state index in [2.05, 4.69) is 10.2 Å². The summed E-state index contributed by atoms with van der Waals surface area (Å²) in [6.07, 6.45) is 2.64. The molecule has 2 aromatic rings. The van der Waals surface area contributed by atoms with E-state index >= 15 is 0 Å². The molecule has 180 valence electrons. The van der Waals surface area contributed by atoms with E-state index in [1.54, 1.807) is 4.90 Å². The Morgan fingerprint density at radius 3 is 2.59 bits per heavy atom. The van der Waals surface area contributed by atoms with Gasteiger partial charge in [0.2, 0.25) is 5.91 Å². The lowest BCUT2D eigenvalue weighted by atomic mass is 10.0. The SMILES string of the molecule is CN(C)CC(=O)N[C@@H](CCN1CC2=CN(C(=O)c3c(F)cccc3Cl)CC2C1)c1ccccc1. The lowest BCUT2D eigenvalue weighted by Crippen LogP contribution is -2.37. The zero-order chi connectivity index (χ0) is 24.2. The highest BCUT2D eigenvalue weighted by atomic mass is 35.5. The summed E-state index contributed by atoms with van der Waals surface area (Å²) in [7, 11) is 3.75. The molecule has 0 spiro atoms. The predicted molar refractivity (Wildman–Crippen MR) is 131 cm³/mol. The van der Waals surface area contributed by atoms with Crippen LogP contribution in [0.25, 0.3) is 0 Å². The van der Waals surface area contributed by atoms with Crippen molar-refractivity contribution in [3.05, 3.63) is 82.3 Å². The number of nitrogens with zero attached hydrogens (tertiary/aromatic N) is 3. The van der Waals surface area contributed by atoms with Gasteiger partial charge in [0, 0.05) is 38.3 Å². The third kappa shape index (κ3) is 5.66. The summed E-state index contributed by atoms with van der Waals surface area (Å²) in [4.78, 5) is 31.0. The van der Waals surface area contributed by atoms with Crippen molar-refractivity contribution in [1.82, 2.24) is 20.0 Å². The van der Waals surface area contributed by atoms with Crippen molar-refractivity contribution in [2.45, 2.75) is 12.5 Å². The van der Waals surface area contributed by atoms with E-state index in [9.17, 15) is 14.0 Å². The fraction of sp³-hybridized carbons (Fsp3) is 0.385. The van der Waals surface area contributed by atoms with Gasteiger partial charge in [0.15, 0.2) is 0 Å². The van der Waals surface area contributed by atoms with Crippen molar-refractivity contribution in [2.24, 2.45) is 5.92 Å². The van der Waals surface area contributed by atoms with Crippen LogP contribution >= 0.6 is 11.6 Å². The summed E-state index contributed by atoms with van der Waals surface area (Å²) in [5.74, 6) is -0.768. The number of likely N-dealkylation sites (N-methyl/N-ethyl adjacent to an activating group) is 1. The van der Waals surface area contributed by atoms with Gasteiger partial charge in [0.1, 0.15) is 5.82 Å². The van der Waals surface area contributed by atoms with Crippen LogP contribution in [0.1, 0.15) is 28.4 Å². The van der Waals surface area contributed by atoms with E-state index in [0.29, 0.717) is 13.1 Å². The highest BCUT2D eigenvalue weighted by Gasteiger charge is 2.36. The van der Waals surface area contributed by atoms with Gasteiger partial charge in [-0.25, -0.2) is 4.39 Å². The maximum atomic E-state index is 14.2. The molecule has 1 N–H and O–H groups in total. The maximum absolute atomic E-state index is 14.2. The van der Waals surface area contributed by atoms with E-state index in [1.807, 2.05) is 55.5 Å². The van der Waals surface area contributed by atoms with E-state index in [0.717, 1.165) is 31.6 Å². The number of hydrogen-bond acceptors (Lipinski definition) is 4. The molecule has 1 fully saturated rings. The van der Waals surface area contributed by atoms with Crippen molar-refractivity contribution in [3.8, 4) is 0 Å². The van der Waals surface area contributed by atoms with Crippen LogP contribution in [0.4, 0.5) is 4.39 Å². The topological polar surface area (TPSA) is 55.9 Å². The number of carbonyl (C=O) groups is 2. The summed E-state index contributed by atoms with van der Waals surface area (Å²) < 4.78 is 14.2. The second kappa shape index (κ2) is 10.7. The minimum absolute atomic E-state index is 0.000752. The Labute approximate surface area is 205 Å². The van der Waals surface area contributed by atoms with Crippen LogP contribution in [0.5, 0.6) is 0 Å². The van der Waals surface area contributed by atoms with Gasteiger partial charge in [-0.3, -0.25) is 14.5 Å². The number of fused-ring (bicyclic) bond motifs is 1. The Morgan fingerprint density at radius 1 is 1.15 bits per heavy atom. The molecular formula is C26H30ClFN4O2. The molecule has 8 heteroatoms. The summed E-state index contributed by atoms with van der Waals surface area (Å²) in [6.45, 7) is 3.28. The molecule has 2 aliphatic rings. The Hall–Kier alpha value is -2.74. The molecule has 2 aromatic carbocycles. The molecule has 2 amide bonds. The quantitative estimate of drug-likeness (QED) is 0.622. The van der Waals surface area contributed by atoms with Crippen LogP contribution < -0.4 is 5.32 Å². The molecule has 4 rings (SSSR count). The summed E-state index contributed by atoms with van der Waals surface area (Å²) in [5, 5.41) is 3.30. The average Bonchev–Trinajstić information content (AvgIpc) is 3.35. The monoisotopic (exact) mass is 484 g/mol. The molecule has 0 radical (unpaired) electrons. The fourth-order valence-corrected chi connectivity index (χ4v) is 4.94. The fourth-order valence-electron chi connectivity index (χ4n) is 4.70. The van der Waals surface area contributed by atoms with Crippen molar-refractivity contribution in [3.63, 3.8) is 0 Å². The predicted octanol–water partition coefficient (Wildman–Crippen LogP) is 3.56. The second-order valence-corrected chi connectivity index (χ2v) is 9.65. The third-order valence-corrected chi connectivity index (χ3v) is 6.63. The average molecular weight is 485 g/mol. The van der Waals surface area contributed by atoms with E-state index in [1.165, 1.54) is 23.8 Å². The van der Waals surface area contributed by atoms with Crippen LogP contribution in [0.3, 0.4) is 0 Å². The standard InChI is InChI=1S/C26H30ClFN4O2/c1-30(2)17-24(33)29-23(18-7-4-3-5-8-18)11-12-31-13-19-15-32(16-20(19)14-31)26(34)25-21(27)9-6-10-22(25)28/h3-10,15,20,23H,11-14,16-17H2,1-2H3,(H,29,33)/t20?,23-/m0/s1. The number of halogens is 2. The minimum atomic E-state index is -0.599. The Bertz CT molecular complexity index is 1060. The largest absolute Gasteiger partial charge is 0.348 e. The summed E-state index contributed by atoms with van der Waals surface area (Å²) in [6, 6.07) is 14.2. The number of amides is 2. The molecule has 6 nitrogen and oxygen atoms in total. The zero-order valence-electron chi connectivity index (χ0n) is 19.5. The Kier molecular flexibility index (Phi) is 7.66. The van der Waals surface area contributed by atoms with Crippen molar-refractivity contribution < 1.29 is 14.0 Å². The Morgan fingerprint density at radius 2 is 1.91 bits per heavy atom. The van der Waals surface area contributed by atoms with Crippen LogP contribution in [-0.2, 0) is 4.79 Å². The van der Waals surface area contributed by atoms with Crippen molar-refractivity contribution >= 4 is 23.4 Å². The number of benzene rings is 2. The lowest BCUT2D eigenvalue weighted by Gasteiger charge is -2.24. The number of rotatable bonds is 8. The molecule has 0 bridgehead atoms. The summed E-state index contributed by atoms with van der Waals surface area (Å²) >= 11 is 6.08. The molecule has 0 saturated carbocycles. The van der Waals surface area contributed by atoms with Crippen LogP contribution in [0.15, 0.2) is 60.3 Å². The molecule has 1 unspecified atom stereocenters. The van der Waals surface area contributed by atoms with Crippen LogP contribution in [-0.4, -0.2) is 73.3 Å². The van der Waals surface area contributed by atoms with Gasteiger partial charge in [-0.2, -0.15) is 0 Å². The van der Waals surface area contributed by atoms with Gasteiger partial charge in [-0.15, -0.1) is 0 Å². The number of hydrogen-bond donors (Lipinski definition) is 1.